The Morgan fingerprint density at radius 2 is 2.10 bits per heavy atom. The lowest BCUT2D eigenvalue weighted by Crippen LogP contribution is -2.48. The second-order valence-corrected chi connectivity index (χ2v) is 6.18. The van der Waals surface area contributed by atoms with Gasteiger partial charge in [-0.2, -0.15) is 3.89 Å². The fourth-order valence-electron chi connectivity index (χ4n) is 2.71. The number of aromatic nitrogens is 2. The summed E-state index contributed by atoms with van der Waals surface area (Å²) in [7, 11) is 0. The average molecular weight is 287 g/mol. The van der Waals surface area contributed by atoms with Crippen molar-refractivity contribution in [3.05, 3.63) is 42.1 Å². The highest BCUT2D eigenvalue weighted by Gasteiger charge is 2.28. The summed E-state index contributed by atoms with van der Waals surface area (Å²) in [5.74, 6) is 0. The predicted molar refractivity (Wildman–Crippen MR) is 82.1 cm³/mol. The first-order valence-corrected chi connectivity index (χ1v) is 7.43. The fourth-order valence-corrected chi connectivity index (χ4v) is 3.19. The van der Waals surface area contributed by atoms with Gasteiger partial charge in [0.1, 0.15) is 5.65 Å². The van der Waals surface area contributed by atoms with Gasteiger partial charge in [-0.15, -0.1) is 0 Å². The normalized spacial score (nSPS) is 16.0. The lowest BCUT2D eigenvalue weighted by molar-refractivity contribution is 0.624. The van der Waals surface area contributed by atoms with Crippen LogP contribution in [0, 0.1) is 6.92 Å². The minimum absolute atomic E-state index is 0.118. The summed E-state index contributed by atoms with van der Waals surface area (Å²) in [5, 5.41) is 0.118. The van der Waals surface area contributed by atoms with Crippen LogP contribution in [0.25, 0.3) is 16.7 Å². The van der Waals surface area contributed by atoms with E-state index >= 15 is 0 Å². The molecule has 0 saturated carbocycles. The molecular formula is C15H14FN3S. The summed E-state index contributed by atoms with van der Waals surface area (Å²) < 4.78 is 14.5. The smallest absolute Gasteiger partial charge is 0.139 e. The van der Waals surface area contributed by atoms with E-state index in [1.54, 1.807) is 0 Å². The van der Waals surface area contributed by atoms with Crippen LogP contribution in [0.1, 0.15) is 5.56 Å². The third-order valence-electron chi connectivity index (χ3n) is 3.88. The van der Waals surface area contributed by atoms with E-state index in [1.807, 2.05) is 0 Å². The molecule has 0 radical (unpaired) electrons. The van der Waals surface area contributed by atoms with Crippen molar-refractivity contribution in [2.45, 2.75) is 12.2 Å². The van der Waals surface area contributed by atoms with E-state index < -0.39 is 0 Å². The first-order chi connectivity index (χ1) is 9.74. The highest BCUT2D eigenvalue weighted by molar-refractivity contribution is 7.95. The van der Waals surface area contributed by atoms with E-state index in [4.69, 9.17) is 0 Å². The molecule has 0 spiro atoms. The molecule has 0 aliphatic carbocycles. The van der Waals surface area contributed by atoms with E-state index in [0.29, 0.717) is 12.1 Å². The van der Waals surface area contributed by atoms with Crippen molar-refractivity contribution in [3.8, 4) is 0 Å². The van der Waals surface area contributed by atoms with Crippen LogP contribution in [-0.2, 0) is 0 Å². The van der Waals surface area contributed by atoms with Gasteiger partial charge in [0.25, 0.3) is 0 Å². The molecule has 3 heterocycles. The molecule has 0 bridgehead atoms. The average Bonchev–Trinajstić information content (AvgIpc) is 2.75. The zero-order chi connectivity index (χ0) is 13.7. The third-order valence-corrected chi connectivity index (χ3v) is 4.43. The number of fused-ring (bicyclic) bond motifs is 3. The number of hydrogen-bond donors (Lipinski definition) is 0. The van der Waals surface area contributed by atoms with Gasteiger partial charge in [0.15, 0.2) is 0 Å². The lowest BCUT2D eigenvalue weighted by Gasteiger charge is -2.38. The van der Waals surface area contributed by atoms with Crippen LogP contribution >= 0.6 is 12.1 Å². The molecule has 1 fully saturated rings. The van der Waals surface area contributed by atoms with Gasteiger partial charge in [-0.3, -0.25) is 4.40 Å². The summed E-state index contributed by atoms with van der Waals surface area (Å²) in [6.45, 7) is 3.63. The standard InChI is InChI=1S/C15H14FN3S/c1-10-2-3-13-14(6-10)19-5-4-11(7-15(19)17-13)18-8-12(9-18)20-16/h2-7,12H,8-9H2,1H3. The number of benzene rings is 1. The van der Waals surface area contributed by atoms with E-state index in [0.717, 1.165) is 35.5 Å². The molecule has 1 aliphatic heterocycles. The number of halogens is 1. The van der Waals surface area contributed by atoms with Crippen molar-refractivity contribution in [2.75, 3.05) is 18.0 Å². The van der Waals surface area contributed by atoms with E-state index in [-0.39, 0.29) is 5.25 Å². The molecular weight excluding hydrogens is 273 g/mol. The molecule has 3 nitrogen and oxygen atoms in total. The van der Waals surface area contributed by atoms with Crippen molar-refractivity contribution in [1.29, 1.82) is 0 Å². The van der Waals surface area contributed by atoms with Crippen LogP contribution in [-0.4, -0.2) is 27.7 Å². The fraction of sp³-hybridized carbons (Fsp3) is 0.267. The third kappa shape index (κ3) is 1.77. The molecule has 1 saturated heterocycles. The van der Waals surface area contributed by atoms with Crippen molar-refractivity contribution >= 4 is 34.5 Å². The number of pyridine rings is 1. The van der Waals surface area contributed by atoms with Gasteiger partial charge in [-0.05, 0) is 30.7 Å². The maximum Gasteiger partial charge on any atom is 0.139 e. The lowest BCUT2D eigenvalue weighted by atomic mass is 10.2. The molecule has 4 rings (SSSR count). The minimum Gasteiger partial charge on any atom is -0.369 e. The maximum absolute atomic E-state index is 12.4. The van der Waals surface area contributed by atoms with Crippen LogP contribution in [0.15, 0.2) is 36.5 Å². The number of anilines is 1. The van der Waals surface area contributed by atoms with E-state index in [9.17, 15) is 3.89 Å². The molecule has 3 aromatic rings. The second kappa shape index (κ2) is 4.38. The molecule has 102 valence electrons. The Morgan fingerprint density at radius 3 is 2.90 bits per heavy atom. The van der Waals surface area contributed by atoms with Crippen molar-refractivity contribution < 1.29 is 3.89 Å². The summed E-state index contributed by atoms with van der Waals surface area (Å²) in [5.41, 5.74) is 5.43. The van der Waals surface area contributed by atoms with Gasteiger partial charge in [0.2, 0.25) is 0 Å². The first-order valence-electron chi connectivity index (χ1n) is 6.65. The predicted octanol–water partition coefficient (Wildman–Crippen LogP) is 3.60. The van der Waals surface area contributed by atoms with E-state index in [1.165, 1.54) is 5.56 Å². The van der Waals surface area contributed by atoms with Gasteiger partial charge < -0.3 is 4.90 Å². The van der Waals surface area contributed by atoms with Gasteiger partial charge in [-0.25, -0.2) is 4.98 Å². The Hall–Kier alpha value is -1.75. The van der Waals surface area contributed by atoms with Gasteiger partial charge in [0.05, 0.1) is 28.4 Å². The van der Waals surface area contributed by atoms with Crippen LogP contribution in [0.3, 0.4) is 0 Å². The summed E-state index contributed by atoms with van der Waals surface area (Å²) in [4.78, 5) is 6.84. The number of imidazole rings is 1. The van der Waals surface area contributed by atoms with Crippen LogP contribution < -0.4 is 4.90 Å². The SMILES string of the molecule is Cc1ccc2nc3cc(N4CC(SF)C4)ccn3c2c1. The molecule has 20 heavy (non-hydrogen) atoms. The zero-order valence-electron chi connectivity index (χ0n) is 11.1. The molecule has 2 aromatic heterocycles. The number of aryl methyl sites for hydroxylation is 1. The highest BCUT2D eigenvalue weighted by Crippen LogP contribution is 2.29. The maximum atomic E-state index is 12.4. The topological polar surface area (TPSA) is 20.5 Å². The number of rotatable bonds is 2. The molecule has 1 aromatic carbocycles. The van der Waals surface area contributed by atoms with Crippen molar-refractivity contribution in [3.63, 3.8) is 0 Å². The van der Waals surface area contributed by atoms with E-state index in [2.05, 4.69) is 57.7 Å². The Kier molecular flexibility index (Phi) is 2.63. The van der Waals surface area contributed by atoms with Crippen LogP contribution in [0.5, 0.6) is 0 Å². The monoisotopic (exact) mass is 287 g/mol. The largest absolute Gasteiger partial charge is 0.369 e. The molecule has 0 amide bonds. The zero-order valence-corrected chi connectivity index (χ0v) is 11.9. The van der Waals surface area contributed by atoms with Gasteiger partial charge >= 0.3 is 0 Å². The van der Waals surface area contributed by atoms with Crippen molar-refractivity contribution in [2.24, 2.45) is 0 Å². The Bertz CT molecular complexity index is 792. The number of hydrogen-bond acceptors (Lipinski definition) is 3. The summed E-state index contributed by atoms with van der Waals surface area (Å²) in [6.07, 6.45) is 2.05. The number of nitrogens with zero attached hydrogens (tertiary/aromatic N) is 3. The second-order valence-electron chi connectivity index (χ2n) is 5.33. The van der Waals surface area contributed by atoms with Gasteiger partial charge in [-0.1, -0.05) is 6.07 Å². The molecule has 0 atom stereocenters. The molecule has 0 N–H and O–H groups in total. The minimum atomic E-state index is 0.118. The molecule has 1 aliphatic rings. The summed E-state index contributed by atoms with van der Waals surface area (Å²) >= 11 is 0.457. The quantitative estimate of drug-likeness (QED) is 0.718. The molecule has 5 heteroatoms. The van der Waals surface area contributed by atoms with Gasteiger partial charge in [0, 0.05) is 31.0 Å². The highest BCUT2D eigenvalue weighted by atomic mass is 32.2. The first kappa shape index (κ1) is 12.0. The van der Waals surface area contributed by atoms with Crippen LogP contribution in [0.4, 0.5) is 9.57 Å². The Labute approximate surface area is 120 Å². The molecule has 0 unspecified atom stereocenters. The summed E-state index contributed by atoms with van der Waals surface area (Å²) in [6, 6.07) is 10.4. The van der Waals surface area contributed by atoms with Crippen LogP contribution in [0.2, 0.25) is 0 Å². The Morgan fingerprint density at radius 1 is 1.25 bits per heavy atom. The Balaban J connectivity index is 1.78. The van der Waals surface area contributed by atoms with Crippen molar-refractivity contribution in [1.82, 2.24) is 9.38 Å².